The Morgan fingerprint density at radius 1 is 0.848 bits per heavy atom. The second-order valence-corrected chi connectivity index (χ2v) is 14.2. The maximum absolute atomic E-state index is 13.7. The number of benzene rings is 4. The third-order valence-electron chi connectivity index (χ3n) is 7.15. The fourth-order valence-electron chi connectivity index (χ4n) is 5.01. The van der Waals surface area contributed by atoms with Crippen molar-refractivity contribution >= 4 is 59.4 Å². The van der Waals surface area contributed by atoms with Crippen LogP contribution in [0.1, 0.15) is 17.3 Å². The number of nitrogens with zero attached hydrogens (tertiary/aromatic N) is 1. The van der Waals surface area contributed by atoms with E-state index in [1.165, 1.54) is 50.4 Å². The van der Waals surface area contributed by atoms with Crippen LogP contribution in [0.25, 0.3) is 56.0 Å². The normalized spacial score (nSPS) is 12.0. The number of halogens is 1. The fraction of sp³-hybridized carbons (Fsp3) is 0.125. The highest BCUT2D eigenvalue weighted by molar-refractivity contribution is 7.92. The number of aromatic nitrogens is 1. The summed E-state index contributed by atoms with van der Waals surface area (Å²) >= 11 is 0. The molecular weight excluding hydrogens is 636 g/mol. The van der Waals surface area contributed by atoms with Crippen molar-refractivity contribution in [2.75, 3.05) is 28.5 Å². The molecular formula is C32H27FN4O7S2. The molecule has 3 N–H and O–H groups in total. The van der Waals surface area contributed by atoms with E-state index < -0.39 is 31.8 Å². The van der Waals surface area contributed by atoms with E-state index in [2.05, 4.69) is 19.7 Å². The van der Waals surface area contributed by atoms with Crippen molar-refractivity contribution in [3.63, 3.8) is 0 Å². The van der Waals surface area contributed by atoms with Gasteiger partial charge in [0, 0.05) is 41.3 Å². The van der Waals surface area contributed by atoms with Gasteiger partial charge in [0.15, 0.2) is 5.58 Å². The van der Waals surface area contributed by atoms with Crippen molar-refractivity contribution in [1.29, 1.82) is 0 Å². The summed E-state index contributed by atoms with van der Waals surface area (Å²) in [4.78, 5) is 17.7. The van der Waals surface area contributed by atoms with E-state index in [1.807, 2.05) is 0 Å². The van der Waals surface area contributed by atoms with Crippen LogP contribution < -0.4 is 14.8 Å². The fourth-order valence-corrected chi connectivity index (χ4v) is 6.21. The quantitative estimate of drug-likeness (QED) is 0.165. The molecule has 0 bridgehead atoms. The van der Waals surface area contributed by atoms with Gasteiger partial charge in [-0.25, -0.2) is 26.2 Å². The number of hydrogen-bond acceptors (Lipinski definition) is 8. The topological polar surface area (TPSA) is 161 Å². The Kier molecular flexibility index (Phi) is 7.78. The number of oxazole rings is 1. The molecule has 6 rings (SSSR count). The molecule has 0 saturated carbocycles. The van der Waals surface area contributed by atoms with Gasteiger partial charge >= 0.3 is 0 Å². The molecule has 6 aromatic rings. The van der Waals surface area contributed by atoms with Crippen LogP contribution in [-0.2, 0) is 20.0 Å². The Labute approximate surface area is 263 Å². The predicted molar refractivity (Wildman–Crippen MR) is 175 cm³/mol. The van der Waals surface area contributed by atoms with Gasteiger partial charge in [0.2, 0.25) is 25.9 Å². The van der Waals surface area contributed by atoms with Crippen LogP contribution in [0, 0.1) is 5.82 Å². The zero-order chi connectivity index (χ0) is 32.8. The van der Waals surface area contributed by atoms with E-state index in [9.17, 15) is 26.0 Å². The summed E-state index contributed by atoms with van der Waals surface area (Å²) in [6.07, 6.45) is 1.05. The molecule has 2 aromatic heterocycles. The van der Waals surface area contributed by atoms with Crippen LogP contribution in [0.2, 0.25) is 0 Å². The lowest BCUT2D eigenvalue weighted by molar-refractivity contribution is 0.0964. The first-order valence-electron chi connectivity index (χ1n) is 13.9. The minimum Gasteiger partial charge on any atom is -0.455 e. The zero-order valence-corrected chi connectivity index (χ0v) is 26.3. The number of sulfonamides is 2. The molecule has 1 amide bonds. The number of rotatable bonds is 9. The third-order valence-corrected chi connectivity index (χ3v) is 9.04. The molecule has 0 saturated heterocycles. The third kappa shape index (κ3) is 6.17. The number of anilines is 2. The molecule has 236 valence electrons. The van der Waals surface area contributed by atoms with Gasteiger partial charge in [0.05, 0.1) is 28.9 Å². The lowest BCUT2D eigenvalue weighted by Gasteiger charge is -2.13. The number of carbonyl (C=O) groups excluding carboxylic acids is 1. The second kappa shape index (κ2) is 11.6. The summed E-state index contributed by atoms with van der Waals surface area (Å²) < 4.78 is 79.7. The minimum absolute atomic E-state index is 0.188. The Morgan fingerprint density at radius 2 is 1.59 bits per heavy atom. The summed E-state index contributed by atoms with van der Waals surface area (Å²) in [6, 6.07) is 20.4. The standard InChI is InChI=1S/C32H27FN4O7S2/c1-4-46(41,42)37-26-17-27-24(29(31(38)34-2)30(43-27)18-8-10-21(33)11-9-18)16-23(26)19-6-5-7-20(14-19)32-35-25-13-12-22(15-28(25)44-32)36-45(3,39)40/h5-17,36-37H,4H2,1-3H3,(H,34,38). The molecule has 0 aliphatic rings. The lowest BCUT2D eigenvalue weighted by Crippen LogP contribution is -2.18. The molecule has 14 heteroatoms. The van der Waals surface area contributed by atoms with Gasteiger partial charge in [0.25, 0.3) is 5.91 Å². The average molecular weight is 663 g/mol. The van der Waals surface area contributed by atoms with Gasteiger partial charge in [0.1, 0.15) is 22.7 Å². The van der Waals surface area contributed by atoms with E-state index in [1.54, 1.807) is 42.5 Å². The average Bonchev–Trinajstić information content (AvgIpc) is 3.61. The summed E-state index contributed by atoms with van der Waals surface area (Å²) in [6.45, 7) is 1.51. The van der Waals surface area contributed by atoms with E-state index in [-0.39, 0.29) is 34.2 Å². The molecule has 4 aromatic carbocycles. The molecule has 0 fully saturated rings. The van der Waals surface area contributed by atoms with Crippen LogP contribution >= 0.6 is 0 Å². The van der Waals surface area contributed by atoms with Crippen LogP contribution in [0.3, 0.4) is 0 Å². The van der Waals surface area contributed by atoms with Crippen LogP contribution in [0.4, 0.5) is 15.8 Å². The highest BCUT2D eigenvalue weighted by Crippen LogP contribution is 2.41. The molecule has 0 unspecified atom stereocenters. The van der Waals surface area contributed by atoms with Crippen molar-refractivity contribution in [3.05, 3.63) is 90.2 Å². The Balaban J connectivity index is 1.52. The summed E-state index contributed by atoms with van der Waals surface area (Å²) in [5.41, 5.74) is 3.85. The minimum atomic E-state index is -3.74. The maximum Gasteiger partial charge on any atom is 0.255 e. The number of furan rings is 1. The number of nitrogens with one attached hydrogen (secondary N) is 3. The first kappa shape index (κ1) is 30.8. The largest absolute Gasteiger partial charge is 0.455 e. The maximum atomic E-state index is 13.7. The molecule has 11 nitrogen and oxygen atoms in total. The van der Waals surface area contributed by atoms with Crippen LogP contribution in [0.15, 0.2) is 87.7 Å². The zero-order valence-electron chi connectivity index (χ0n) is 24.7. The SMILES string of the molecule is CCS(=O)(=O)Nc1cc2oc(-c3ccc(F)cc3)c(C(=O)NC)c2cc1-c1cccc(-c2nc3ccc(NS(C)(=O)=O)cc3o2)c1. The summed E-state index contributed by atoms with van der Waals surface area (Å²) in [7, 11) is -5.76. The van der Waals surface area contributed by atoms with Gasteiger partial charge in [-0.15, -0.1) is 0 Å². The number of hydrogen-bond donors (Lipinski definition) is 3. The van der Waals surface area contributed by atoms with Crippen LogP contribution in [-0.4, -0.2) is 46.8 Å². The molecule has 0 aliphatic carbocycles. The molecule has 46 heavy (non-hydrogen) atoms. The monoisotopic (exact) mass is 662 g/mol. The highest BCUT2D eigenvalue weighted by atomic mass is 32.2. The first-order valence-corrected chi connectivity index (χ1v) is 17.5. The Morgan fingerprint density at radius 3 is 2.28 bits per heavy atom. The first-order chi connectivity index (χ1) is 21.8. The van der Waals surface area contributed by atoms with Gasteiger partial charge in [-0.05, 0) is 67.1 Å². The van der Waals surface area contributed by atoms with E-state index in [4.69, 9.17) is 8.83 Å². The molecule has 2 heterocycles. The number of amides is 1. The summed E-state index contributed by atoms with van der Waals surface area (Å²) in [5, 5.41) is 3.03. The number of fused-ring (bicyclic) bond motifs is 2. The van der Waals surface area contributed by atoms with E-state index in [0.29, 0.717) is 44.4 Å². The van der Waals surface area contributed by atoms with Crippen LogP contribution in [0.5, 0.6) is 0 Å². The molecule has 0 atom stereocenters. The Bertz CT molecular complexity index is 2370. The molecule has 0 aliphatic heterocycles. The van der Waals surface area contributed by atoms with Gasteiger partial charge in [-0.2, -0.15) is 0 Å². The molecule has 0 spiro atoms. The van der Waals surface area contributed by atoms with Crippen molar-refractivity contribution < 1.29 is 34.9 Å². The lowest BCUT2D eigenvalue weighted by atomic mass is 9.97. The second-order valence-electron chi connectivity index (χ2n) is 10.4. The predicted octanol–water partition coefficient (Wildman–Crippen LogP) is 6.21. The van der Waals surface area contributed by atoms with E-state index >= 15 is 0 Å². The smallest absolute Gasteiger partial charge is 0.255 e. The van der Waals surface area contributed by atoms with Crippen molar-refractivity contribution in [3.8, 4) is 33.9 Å². The number of carbonyl (C=O) groups is 1. The van der Waals surface area contributed by atoms with Gasteiger partial charge in [-0.1, -0.05) is 12.1 Å². The van der Waals surface area contributed by atoms with Gasteiger partial charge in [-0.3, -0.25) is 14.2 Å². The molecule has 0 radical (unpaired) electrons. The summed E-state index contributed by atoms with van der Waals surface area (Å²) in [5.74, 6) is -0.647. The van der Waals surface area contributed by atoms with Crippen molar-refractivity contribution in [2.45, 2.75) is 6.92 Å². The van der Waals surface area contributed by atoms with Crippen molar-refractivity contribution in [1.82, 2.24) is 10.3 Å². The van der Waals surface area contributed by atoms with Gasteiger partial charge < -0.3 is 14.2 Å². The van der Waals surface area contributed by atoms with Crippen molar-refractivity contribution in [2.24, 2.45) is 0 Å². The van der Waals surface area contributed by atoms with E-state index in [0.717, 1.165) is 6.26 Å². The highest BCUT2D eigenvalue weighted by Gasteiger charge is 2.25. The Hall–Kier alpha value is -5.21.